The molecule has 0 bridgehead atoms. The fraction of sp³-hybridized carbons (Fsp3) is 0.267. The molecule has 4 nitrogen and oxygen atoms in total. The van der Waals surface area contributed by atoms with Gasteiger partial charge in [0.1, 0.15) is 18.1 Å². The van der Waals surface area contributed by atoms with Crippen LogP contribution >= 0.6 is 0 Å². The summed E-state index contributed by atoms with van der Waals surface area (Å²) in [4.78, 5) is 4.41. The molecule has 1 aromatic carbocycles. The lowest BCUT2D eigenvalue weighted by Crippen LogP contribution is -2.01. The molecule has 19 heavy (non-hydrogen) atoms. The molecule has 0 amide bonds. The first kappa shape index (κ1) is 13.2. The number of aryl methyl sites for hydroxylation is 2. The van der Waals surface area contributed by atoms with Crippen molar-refractivity contribution in [3.05, 3.63) is 47.3 Å². The van der Waals surface area contributed by atoms with Gasteiger partial charge in [0, 0.05) is 23.5 Å². The van der Waals surface area contributed by atoms with Gasteiger partial charge in [0.05, 0.1) is 12.8 Å². The van der Waals surface area contributed by atoms with Gasteiger partial charge in [0.15, 0.2) is 0 Å². The zero-order valence-corrected chi connectivity index (χ0v) is 11.4. The van der Waals surface area contributed by atoms with Crippen molar-refractivity contribution in [3.63, 3.8) is 0 Å². The highest BCUT2D eigenvalue weighted by atomic mass is 16.5. The van der Waals surface area contributed by atoms with E-state index in [2.05, 4.69) is 4.98 Å². The molecule has 0 unspecified atom stereocenters. The van der Waals surface area contributed by atoms with Crippen LogP contribution in [0, 0.1) is 13.8 Å². The molecule has 0 aliphatic carbocycles. The molecular formula is C15H18N2O2. The van der Waals surface area contributed by atoms with Gasteiger partial charge in [0.2, 0.25) is 0 Å². The van der Waals surface area contributed by atoms with Crippen LogP contribution < -0.4 is 15.2 Å². The number of nitrogens with two attached hydrogens (primary N) is 1. The van der Waals surface area contributed by atoms with Gasteiger partial charge < -0.3 is 15.2 Å². The summed E-state index contributed by atoms with van der Waals surface area (Å²) in [6.07, 6.45) is 0. The van der Waals surface area contributed by atoms with E-state index in [9.17, 15) is 0 Å². The number of nitrogens with zero attached hydrogens (tertiary/aromatic N) is 1. The summed E-state index contributed by atoms with van der Waals surface area (Å²) < 4.78 is 11.0. The van der Waals surface area contributed by atoms with Crippen LogP contribution in [0.15, 0.2) is 30.3 Å². The minimum Gasteiger partial charge on any atom is -0.497 e. The first-order valence-corrected chi connectivity index (χ1v) is 6.09. The summed E-state index contributed by atoms with van der Waals surface area (Å²) in [5.74, 6) is 1.61. The predicted molar refractivity (Wildman–Crippen MR) is 75.4 cm³/mol. The minimum absolute atomic E-state index is 0.406. The topological polar surface area (TPSA) is 57.4 Å². The lowest BCUT2D eigenvalue weighted by atomic mass is 10.2. The van der Waals surface area contributed by atoms with Crippen molar-refractivity contribution in [2.24, 2.45) is 0 Å². The van der Waals surface area contributed by atoms with E-state index in [1.165, 1.54) is 0 Å². The van der Waals surface area contributed by atoms with Crippen LogP contribution in [0.25, 0.3) is 0 Å². The van der Waals surface area contributed by atoms with Crippen molar-refractivity contribution in [1.29, 1.82) is 0 Å². The fourth-order valence-corrected chi connectivity index (χ4v) is 1.88. The van der Waals surface area contributed by atoms with E-state index < -0.39 is 0 Å². The van der Waals surface area contributed by atoms with Crippen LogP contribution in [0.5, 0.6) is 11.5 Å². The van der Waals surface area contributed by atoms with Gasteiger partial charge >= 0.3 is 0 Å². The number of pyridine rings is 1. The molecule has 0 saturated heterocycles. The van der Waals surface area contributed by atoms with Crippen LogP contribution in [0.3, 0.4) is 0 Å². The number of rotatable bonds is 4. The average Bonchev–Trinajstić information content (AvgIpc) is 2.37. The molecule has 0 radical (unpaired) electrons. The molecular weight excluding hydrogens is 240 g/mol. The van der Waals surface area contributed by atoms with Crippen molar-refractivity contribution in [2.45, 2.75) is 20.5 Å². The maximum Gasteiger partial charge on any atom is 0.130 e. The lowest BCUT2D eigenvalue weighted by Gasteiger charge is -2.10. The lowest BCUT2D eigenvalue weighted by molar-refractivity contribution is 0.298. The summed E-state index contributed by atoms with van der Waals surface area (Å²) in [7, 11) is 1.64. The molecule has 0 aliphatic heterocycles. The van der Waals surface area contributed by atoms with E-state index >= 15 is 0 Å². The molecule has 2 rings (SSSR count). The van der Waals surface area contributed by atoms with E-state index in [4.69, 9.17) is 15.2 Å². The summed E-state index contributed by atoms with van der Waals surface area (Å²) >= 11 is 0. The molecule has 2 aromatic rings. The fourth-order valence-electron chi connectivity index (χ4n) is 1.88. The van der Waals surface area contributed by atoms with Crippen molar-refractivity contribution in [1.82, 2.24) is 4.98 Å². The number of nitrogen functional groups attached to an aromatic ring is 1. The maximum atomic E-state index is 5.76. The van der Waals surface area contributed by atoms with E-state index in [0.29, 0.717) is 6.61 Å². The van der Waals surface area contributed by atoms with Crippen LogP contribution in [0.1, 0.15) is 17.0 Å². The van der Waals surface area contributed by atoms with Crippen LogP contribution in [0.2, 0.25) is 0 Å². The Morgan fingerprint density at radius 1 is 1.16 bits per heavy atom. The van der Waals surface area contributed by atoms with Crippen LogP contribution in [0.4, 0.5) is 5.69 Å². The first-order valence-electron chi connectivity index (χ1n) is 6.09. The Morgan fingerprint density at radius 2 is 1.95 bits per heavy atom. The molecule has 100 valence electrons. The highest BCUT2D eigenvalue weighted by Crippen LogP contribution is 2.22. The number of benzene rings is 1. The quantitative estimate of drug-likeness (QED) is 0.857. The second-order valence-electron chi connectivity index (χ2n) is 4.45. The van der Waals surface area contributed by atoms with E-state index in [1.807, 2.05) is 44.2 Å². The zero-order valence-electron chi connectivity index (χ0n) is 11.4. The molecule has 1 heterocycles. The summed E-state index contributed by atoms with van der Waals surface area (Å²) in [6.45, 7) is 4.30. The molecule has 0 atom stereocenters. The highest BCUT2D eigenvalue weighted by molar-refractivity contribution is 5.47. The molecule has 1 aromatic heterocycles. The number of hydrogen-bond donors (Lipinski definition) is 1. The third-order valence-electron chi connectivity index (χ3n) is 2.79. The Balaban J connectivity index is 2.12. The monoisotopic (exact) mass is 258 g/mol. The Hall–Kier alpha value is -2.23. The van der Waals surface area contributed by atoms with Gasteiger partial charge in [0.25, 0.3) is 0 Å². The van der Waals surface area contributed by atoms with E-state index in [1.54, 1.807) is 7.11 Å². The molecule has 2 N–H and O–H groups in total. The van der Waals surface area contributed by atoms with Crippen LogP contribution in [-0.2, 0) is 6.61 Å². The summed E-state index contributed by atoms with van der Waals surface area (Å²) in [5, 5.41) is 0. The van der Waals surface area contributed by atoms with Crippen LogP contribution in [-0.4, -0.2) is 12.1 Å². The Morgan fingerprint density at radius 3 is 2.63 bits per heavy atom. The number of methoxy groups -OCH3 is 1. The second-order valence-corrected chi connectivity index (χ2v) is 4.45. The summed E-state index contributed by atoms with van der Waals surface area (Å²) in [6, 6.07) is 9.35. The molecule has 0 fully saturated rings. The van der Waals surface area contributed by atoms with E-state index in [0.717, 1.165) is 34.1 Å². The number of hydrogen-bond acceptors (Lipinski definition) is 4. The van der Waals surface area contributed by atoms with Crippen molar-refractivity contribution in [3.8, 4) is 11.5 Å². The normalized spacial score (nSPS) is 10.3. The minimum atomic E-state index is 0.406. The Labute approximate surface area is 113 Å². The van der Waals surface area contributed by atoms with Gasteiger partial charge in [-0.1, -0.05) is 0 Å². The smallest absolute Gasteiger partial charge is 0.130 e. The van der Waals surface area contributed by atoms with Crippen molar-refractivity contribution >= 4 is 5.69 Å². The molecule has 4 heteroatoms. The van der Waals surface area contributed by atoms with E-state index in [-0.39, 0.29) is 0 Å². The average molecular weight is 258 g/mol. The van der Waals surface area contributed by atoms with Gasteiger partial charge in [-0.25, -0.2) is 0 Å². The standard InChI is InChI=1S/C15H18N2O2/c1-10-6-12(16)4-5-15(10)19-9-13-8-14(18-3)7-11(2)17-13/h4-8H,9,16H2,1-3H3. The Kier molecular flexibility index (Phi) is 3.90. The Bertz CT molecular complexity index is 582. The summed E-state index contributed by atoms with van der Waals surface area (Å²) in [5.41, 5.74) is 9.21. The second kappa shape index (κ2) is 5.61. The third kappa shape index (κ3) is 3.37. The van der Waals surface area contributed by atoms with Gasteiger partial charge in [-0.05, 0) is 37.6 Å². The SMILES string of the molecule is COc1cc(C)nc(COc2ccc(N)cc2C)c1. The maximum absolute atomic E-state index is 5.76. The molecule has 0 saturated carbocycles. The van der Waals surface area contributed by atoms with Crippen molar-refractivity contribution in [2.75, 3.05) is 12.8 Å². The van der Waals surface area contributed by atoms with Gasteiger partial charge in [-0.3, -0.25) is 4.98 Å². The first-order chi connectivity index (χ1) is 9.08. The highest BCUT2D eigenvalue weighted by Gasteiger charge is 2.04. The third-order valence-corrected chi connectivity index (χ3v) is 2.79. The zero-order chi connectivity index (χ0) is 13.8. The molecule has 0 spiro atoms. The molecule has 0 aliphatic rings. The largest absolute Gasteiger partial charge is 0.497 e. The van der Waals surface area contributed by atoms with Gasteiger partial charge in [-0.2, -0.15) is 0 Å². The van der Waals surface area contributed by atoms with Gasteiger partial charge in [-0.15, -0.1) is 0 Å². The number of anilines is 1. The van der Waals surface area contributed by atoms with Crippen molar-refractivity contribution < 1.29 is 9.47 Å². The number of ether oxygens (including phenoxy) is 2. The predicted octanol–water partition coefficient (Wildman–Crippen LogP) is 2.87. The number of aromatic nitrogens is 1.